The van der Waals surface area contributed by atoms with Crippen LogP contribution >= 0.6 is 34.8 Å². The zero-order valence-electron chi connectivity index (χ0n) is 14.2. The lowest BCUT2D eigenvalue weighted by Crippen LogP contribution is -2.23. The molecule has 28 heavy (non-hydrogen) atoms. The van der Waals surface area contributed by atoms with Crippen molar-refractivity contribution in [3.63, 3.8) is 0 Å². The molecule has 0 atom stereocenters. The summed E-state index contributed by atoms with van der Waals surface area (Å²) in [5, 5.41) is -2.43. The third-order valence-electron chi connectivity index (χ3n) is 2.99. The van der Waals surface area contributed by atoms with E-state index in [1.54, 1.807) is 14.1 Å². The molecule has 1 amide bonds. The van der Waals surface area contributed by atoms with E-state index in [1.165, 1.54) is 23.1 Å². The Morgan fingerprint density at radius 2 is 1.46 bits per heavy atom. The summed E-state index contributed by atoms with van der Waals surface area (Å²) in [6, 6.07) is 5.81. The largest absolute Gasteiger partial charge is 0.416 e. The number of nitrogens with zero attached hydrogens (tertiary/aromatic N) is 3. The average Bonchev–Trinajstić information content (AvgIpc) is 2.60. The molecule has 150 valence electrons. The molecule has 0 spiro atoms. The lowest BCUT2D eigenvalue weighted by molar-refractivity contribution is -0.137. The van der Waals surface area contributed by atoms with E-state index in [9.17, 15) is 27.6 Å². The molecule has 0 aliphatic heterocycles. The molecule has 2 rings (SSSR count). The van der Waals surface area contributed by atoms with E-state index in [1.807, 2.05) is 0 Å². The van der Waals surface area contributed by atoms with Crippen molar-refractivity contribution in [3.8, 4) is 11.3 Å². The highest BCUT2D eigenvalue weighted by molar-refractivity contribution is 6.97. The van der Waals surface area contributed by atoms with Crippen LogP contribution in [0, 0.1) is 0 Å². The minimum Gasteiger partial charge on any atom is -0.343 e. The number of rotatable bonds is 3. The Morgan fingerprint density at radius 3 is 1.86 bits per heavy atom. The number of carbonyl (C=O) groups excluding carboxylic acids is 3. The highest BCUT2D eigenvalue weighted by Gasteiger charge is 2.30. The summed E-state index contributed by atoms with van der Waals surface area (Å²) < 4.78 is 37.6. The first kappa shape index (κ1) is 23.8. The van der Waals surface area contributed by atoms with Gasteiger partial charge >= 0.3 is 16.7 Å². The molecule has 0 bridgehead atoms. The van der Waals surface area contributed by atoms with Crippen molar-refractivity contribution in [2.24, 2.45) is 0 Å². The number of hydrogen-bond acceptors (Lipinski definition) is 5. The van der Waals surface area contributed by atoms with Crippen LogP contribution in [-0.4, -0.2) is 45.4 Å². The summed E-state index contributed by atoms with van der Waals surface area (Å²) in [7, 11) is 3.10. The van der Waals surface area contributed by atoms with Gasteiger partial charge in [0.05, 0.1) is 11.3 Å². The monoisotopic (exact) mass is 455 g/mol. The van der Waals surface area contributed by atoms with Gasteiger partial charge in [0.1, 0.15) is 5.69 Å². The molecule has 0 unspecified atom stereocenters. The van der Waals surface area contributed by atoms with E-state index in [0.717, 1.165) is 12.1 Å². The molecule has 0 saturated heterocycles. The van der Waals surface area contributed by atoms with E-state index in [0.29, 0.717) is 5.56 Å². The Labute approximate surface area is 172 Å². The van der Waals surface area contributed by atoms with E-state index in [4.69, 9.17) is 11.6 Å². The van der Waals surface area contributed by atoms with Crippen molar-refractivity contribution in [1.82, 2.24) is 14.9 Å². The van der Waals surface area contributed by atoms with Crippen molar-refractivity contribution >= 4 is 51.2 Å². The second-order valence-electron chi connectivity index (χ2n) is 5.23. The van der Waals surface area contributed by atoms with Crippen LogP contribution < -0.4 is 0 Å². The molecule has 0 aliphatic rings. The van der Waals surface area contributed by atoms with Gasteiger partial charge in [-0.1, -0.05) is 12.1 Å². The molecule has 1 aromatic carbocycles. The standard InChI is InChI=1S/C14H11ClF3N3O.C2Cl2O2/c1-21(2)12(22)11-7-10(19-13(15)20-11)8-3-5-9(6-4-8)14(16,17)18;3-1(5)2(4)6/h3-7H,1-2H3;. The first-order valence-electron chi connectivity index (χ1n) is 7.16. The topological polar surface area (TPSA) is 80.2 Å². The number of hydrogen-bond donors (Lipinski definition) is 0. The van der Waals surface area contributed by atoms with E-state index >= 15 is 0 Å². The van der Waals surface area contributed by atoms with Crippen LogP contribution in [0.25, 0.3) is 11.3 Å². The average molecular weight is 457 g/mol. The Hall–Kier alpha value is -2.23. The molecule has 2 aromatic rings. The number of halogens is 6. The van der Waals surface area contributed by atoms with Crippen LogP contribution in [0.2, 0.25) is 5.28 Å². The zero-order chi connectivity index (χ0) is 21.6. The predicted octanol–water partition coefficient (Wildman–Crippen LogP) is 4.03. The zero-order valence-corrected chi connectivity index (χ0v) is 16.5. The molecule has 12 heteroatoms. The Kier molecular flexibility index (Phi) is 8.34. The van der Waals surface area contributed by atoms with Crippen molar-refractivity contribution < 1.29 is 27.6 Å². The molecule has 0 aliphatic carbocycles. The van der Waals surface area contributed by atoms with Gasteiger partial charge < -0.3 is 4.90 Å². The molecule has 1 aromatic heterocycles. The van der Waals surface area contributed by atoms with Gasteiger partial charge in [0.15, 0.2) is 0 Å². The van der Waals surface area contributed by atoms with Crippen molar-refractivity contribution in [3.05, 3.63) is 46.9 Å². The maximum atomic E-state index is 12.5. The number of aromatic nitrogens is 2. The van der Waals surface area contributed by atoms with Gasteiger partial charge in [0, 0.05) is 19.7 Å². The molecular formula is C16H11Cl3F3N3O3. The summed E-state index contributed by atoms with van der Waals surface area (Å²) >= 11 is 14.8. The summed E-state index contributed by atoms with van der Waals surface area (Å²) in [5.41, 5.74) is -0.00933. The molecule has 0 radical (unpaired) electrons. The number of alkyl halides is 3. The number of carbonyl (C=O) groups is 3. The van der Waals surface area contributed by atoms with Crippen LogP contribution in [0.15, 0.2) is 30.3 Å². The van der Waals surface area contributed by atoms with Gasteiger partial charge in [0.2, 0.25) is 5.28 Å². The van der Waals surface area contributed by atoms with Crippen LogP contribution in [0.1, 0.15) is 16.1 Å². The Bertz CT molecular complexity index is 876. The van der Waals surface area contributed by atoms with Crippen LogP contribution in [0.3, 0.4) is 0 Å². The van der Waals surface area contributed by atoms with Crippen molar-refractivity contribution in [2.45, 2.75) is 6.18 Å². The minimum atomic E-state index is -4.41. The third-order valence-corrected chi connectivity index (χ3v) is 3.60. The first-order valence-corrected chi connectivity index (χ1v) is 8.29. The minimum absolute atomic E-state index is 0.0693. The van der Waals surface area contributed by atoms with E-state index in [-0.39, 0.29) is 22.6 Å². The fourth-order valence-electron chi connectivity index (χ4n) is 1.73. The fourth-order valence-corrected chi connectivity index (χ4v) is 1.92. The lowest BCUT2D eigenvalue weighted by Gasteiger charge is -2.11. The third kappa shape index (κ3) is 7.06. The first-order chi connectivity index (χ1) is 12.8. The Morgan fingerprint density at radius 1 is 0.964 bits per heavy atom. The van der Waals surface area contributed by atoms with Gasteiger partial charge in [-0.25, -0.2) is 9.97 Å². The van der Waals surface area contributed by atoms with Crippen molar-refractivity contribution in [2.75, 3.05) is 14.1 Å². The second-order valence-corrected chi connectivity index (χ2v) is 6.25. The fraction of sp³-hybridized carbons (Fsp3) is 0.188. The highest BCUT2D eigenvalue weighted by Crippen LogP contribution is 2.30. The predicted molar refractivity (Wildman–Crippen MR) is 97.2 cm³/mol. The van der Waals surface area contributed by atoms with Crippen LogP contribution in [-0.2, 0) is 15.8 Å². The SMILES string of the molecule is CN(C)C(=O)c1cc(-c2ccc(C(F)(F)F)cc2)nc(Cl)n1.O=C(Cl)C(=O)Cl. The quantitative estimate of drug-likeness (QED) is 0.396. The maximum Gasteiger partial charge on any atom is 0.416 e. The van der Waals surface area contributed by atoms with Crippen molar-refractivity contribution in [1.29, 1.82) is 0 Å². The normalized spacial score (nSPS) is 10.6. The number of benzene rings is 1. The summed E-state index contributed by atoms with van der Waals surface area (Å²) in [6.45, 7) is 0. The van der Waals surface area contributed by atoms with E-state index in [2.05, 4.69) is 33.2 Å². The van der Waals surface area contributed by atoms with Crippen LogP contribution in [0.5, 0.6) is 0 Å². The number of amides is 1. The Balaban J connectivity index is 0.000000568. The second kappa shape index (κ2) is 9.81. The maximum absolute atomic E-state index is 12.5. The summed E-state index contributed by atoms with van der Waals surface area (Å²) in [6.07, 6.45) is -4.41. The summed E-state index contributed by atoms with van der Waals surface area (Å²) in [4.78, 5) is 39.8. The molecule has 0 N–H and O–H groups in total. The lowest BCUT2D eigenvalue weighted by atomic mass is 10.1. The van der Waals surface area contributed by atoms with E-state index < -0.39 is 22.2 Å². The van der Waals surface area contributed by atoms with Gasteiger partial charge in [-0.2, -0.15) is 13.2 Å². The molecular weight excluding hydrogens is 446 g/mol. The summed E-state index contributed by atoms with van der Waals surface area (Å²) in [5.74, 6) is -0.377. The molecule has 0 saturated carbocycles. The highest BCUT2D eigenvalue weighted by atomic mass is 35.5. The van der Waals surface area contributed by atoms with Gasteiger partial charge in [0.25, 0.3) is 5.91 Å². The van der Waals surface area contributed by atoms with Crippen LogP contribution in [0.4, 0.5) is 13.2 Å². The molecule has 0 fully saturated rings. The molecule has 1 heterocycles. The smallest absolute Gasteiger partial charge is 0.343 e. The van der Waals surface area contributed by atoms with Gasteiger partial charge in [-0.05, 0) is 53.0 Å². The van der Waals surface area contributed by atoms with Gasteiger partial charge in [-0.3, -0.25) is 14.4 Å². The molecule has 6 nitrogen and oxygen atoms in total. The van der Waals surface area contributed by atoms with Gasteiger partial charge in [-0.15, -0.1) is 0 Å².